The number of nitrogens with one attached hydrogen (secondary N) is 2. The smallest absolute Gasteiger partial charge is 0.254 e. The number of hydrogen-bond acceptors (Lipinski definition) is 2. The summed E-state index contributed by atoms with van der Waals surface area (Å²) in [6.45, 7) is 5.93. The number of hydrogen-bond donors (Lipinski definition) is 2. The van der Waals surface area contributed by atoms with Crippen LogP contribution in [0.25, 0.3) is 0 Å². The zero-order valence-electron chi connectivity index (χ0n) is 14.0. The lowest BCUT2D eigenvalue weighted by Crippen LogP contribution is -2.33. The Morgan fingerprint density at radius 2 is 1.62 bits per heavy atom. The molecule has 0 aliphatic rings. The lowest BCUT2D eigenvalue weighted by Gasteiger charge is -2.23. The summed E-state index contributed by atoms with van der Waals surface area (Å²) in [6.07, 6.45) is 0. The second-order valence-electron chi connectivity index (χ2n) is 6.51. The van der Waals surface area contributed by atoms with E-state index < -0.39 is 11.7 Å². The fraction of sp³-hybridized carbons (Fsp3) is 0.263. The van der Waals surface area contributed by atoms with E-state index in [1.165, 1.54) is 18.2 Å². The van der Waals surface area contributed by atoms with Crippen molar-refractivity contribution in [3.8, 4) is 0 Å². The number of anilines is 1. The normalized spacial score (nSPS) is 11.0. The maximum absolute atomic E-state index is 13.5. The molecule has 0 heterocycles. The van der Waals surface area contributed by atoms with Crippen LogP contribution in [0.1, 0.15) is 36.7 Å². The Morgan fingerprint density at radius 3 is 2.29 bits per heavy atom. The van der Waals surface area contributed by atoms with Gasteiger partial charge in [0.05, 0.1) is 12.1 Å². The van der Waals surface area contributed by atoms with E-state index in [4.69, 9.17) is 0 Å². The van der Waals surface area contributed by atoms with E-state index in [2.05, 4.69) is 31.4 Å². The summed E-state index contributed by atoms with van der Waals surface area (Å²) >= 11 is 0. The number of halogens is 1. The number of carbonyl (C=O) groups excluding carboxylic acids is 2. The Hall–Kier alpha value is -2.69. The van der Waals surface area contributed by atoms with Crippen molar-refractivity contribution < 1.29 is 14.0 Å². The number of carbonyl (C=O) groups is 2. The maximum atomic E-state index is 13.5. The second-order valence-corrected chi connectivity index (χ2v) is 6.51. The van der Waals surface area contributed by atoms with E-state index in [0.717, 1.165) is 5.56 Å². The van der Waals surface area contributed by atoms with Gasteiger partial charge in [-0.2, -0.15) is 0 Å². The molecule has 0 aliphatic heterocycles. The van der Waals surface area contributed by atoms with Crippen LogP contribution in [-0.4, -0.2) is 18.4 Å². The minimum Gasteiger partial charge on any atom is -0.343 e. The van der Waals surface area contributed by atoms with Gasteiger partial charge in [0.2, 0.25) is 5.91 Å². The van der Waals surface area contributed by atoms with Crippen molar-refractivity contribution in [2.24, 2.45) is 0 Å². The molecule has 0 fully saturated rings. The number of amides is 2. The molecule has 0 spiro atoms. The molecule has 126 valence electrons. The van der Waals surface area contributed by atoms with Crippen molar-refractivity contribution >= 4 is 17.5 Å². The van der Waals surface area contributed by atoms with E-state index in [-0.39, 0.29) is 23.4 Å². The first-order valence-electron chi connectivity index (χ1n) is 7.71. The van der Waals surface area contributed by atoms with Gasteiger partial charge in [-0.1, -0.05) is 51.1 Å². The Balaban J connectivity index is 2.00. The molecule has 2 aromatic carbocycles. The summed E-state index contributed by atoms with van der Waals surface area (Å²) in [4.78, 5) is 24.0. The predicted molar refractivity (Wildman–Crippen MR) is 92.5 cm³/mol. The molecule has 4 nitrogen and oxygen atoms in total. The number of rotatable bonds is 4. The van der Waals surface area contributed by atoms with Crippen LogP contribution in [0.15, 0.2) is 48.5 Å². The topological polar surface area (TPSA) is 58.2 Å². The van der Waals surface area contributed by atoms with Crippen LogP contribution in [0.2, 0.25) is 0 Å². The third kappa shape index (κ3) is 4.41. The Bertz CT molecular complexity index is 751. The molecule has 0 radical (unpaired) electrons. The van der Waals surface area contributed by atoms with Crippen LogP contribution in [0.3, 0.4) is 0 Å². The first-order valence-corrected chi connectivity index (χ1v) is 7.71. The van der Waals surface area contributed by atoms with Crippen molar-refractivity contribution in [3.05, 3.63) is 65.5 Å². The highest BCUT2D eigenvalue weighted by Crippen LogP contribution is 2.29. The average molecular weight is 328 g/mol. The van der Waals surface area contributed by atoms with Gasteiger partial charge < -0.3 is 10.6 Å². The third-order valence-corrected chi connectivity index (χ3v) is 3.54. The van der Waals surface area contributed by atoms with Crippen LogP contribution < -0.4 is 10.6 Å². The predicted octanol–water partition coefficient (Wildman–Crippen LogP) is 3.49. The van der Waals surface area contributed by atoms with Gasteiger partial charge in [-0.15, -0.1) is 0 Å². The van der Waals surface area contributed by atoms with Crippen molar-refractivity contribution in [1.29, 1.82) is 0 Å². The average Bonchev–Trinajstić information content (AvgIpc) is 2.52. The molecule has 0 saturated heterocycles. The van der Waals surface area contributed by atoms with Crippen LogP contribution >= 0.6 is 0 Å². The van der Waals surface area contributed by atoms with E-state index in [9.17, 15) is 14.0 Å². The van der Waals surface area contributed by atoms with Gasteiger partial charge in [0, 0.05) is 5.69 Å². The second kappa shape index (κ2) is 7.25. The highest BCUT2D eigenvalue weighted by molar-refractivity contribution is 5.99. The van der Waals surface area contributed by atoms with Gasteiger partial charge in [-0.05, 0) is 29.2 Å². The largest absolute Gasteiger partial charge is 0.343 e. The van der Waals surface area contributed by atoms with E-state index in [1.54, 1.807) is 6.07 Å². The highest BCUT2D eigenvalue weighted by Gasteiger charge is 2.19. The quantitative estimate of drug-likeness (QED) is 0.902. The van der Waals surface area contributed by atoms with E-state index >= 15 is 0 Å². The lowest BCUT2D eigenvalue weighted by atomic mass is 9.86. The van der Waals surface area contributed by atoms with Crippen LogP contribution in [0.4, 0.5) is 10.1 Å². The van der Waals surface area contributed by atoms with Crippen molar-refractivity contribution in [2.45, 2.75) is 26.2 Å². The third-order valence-electron chi connectivity index (χ3n) is 3.54. The zero-order valence-corrected chi connectivity index (χ0v) is 14.0. The summed E-state index contributed by atoms with van der Waals surface area (Å²) in [5, 5.41) is 5.22. The molecule has 5 heteroatoms. The van der Waals surface area contributed by atoms with Gasteiger partial charge in [-0.3, -0.25) is 9.59 Å². The minimum atomic E-state index is -0.618. The minimum absolute atomic E-state index is 0.0830. The van der Waals surface area contributed by atoms with Gasteiger partial charge >= 0.3 is 0 Å². The summed E-state index contributed by atoms with van der Waals surface area (Å²) in [5.74, 6) is -1.60. The summed E-state index contributed by atoms with van der Waals surface area (Å²) in [5.41, 5.74) is 1.50. The Morgan fingerprint density at radius 1 is 1.00 bits per heavy atom. The molecule has 2 aromatic rings. The van der Waals surface area contributed by atoms with Crippen molar-refractivity contribution in [2.75, 3.05) is 11.9 Å². The molecule has 2 amide bonds. The molecule has 0 aliphatic carbocycles. The molecule has 0 atom stereocenters. The van der Waals surface area contributed by atoms with Gasteiger partial charge in [-0.25, -0.2) is 4.39 Å². The zero-order chi connectivity index (χ0) is 17.7. The number of para-hydroxylation sites is 1. The SMILES string of the molecule is CC(C)(C)c1ccccc1NC(=O)CNC(=O)c1ccccc1F. The first-order chi connectivity index (χ1) is 11.3. The molecular weight excluding hydrogens is 307 g/mol. The monoisotopic (exact) mass is 328 g/mol. The van der Waals surface area contributed by atoms with Crippen LogP contribution in [-0.2, 0) is 10.2 Å². The molecule has 0 aromatic heterocycles. The number of benzene rings is 2. The van der Waals surface area contributed by atoms with Crippen LogP contribution in [0, 0.1) is 5.82 Å². The van der Waals surface area contributed by atoms with Crippen LogP contribution in [0.5, 0.6) is 0 Å². The van der Waals surface area contributed by atoms with Gasteiger partial charge in [0.15, 0.2) is 0 Å². The molecule has 0 saturated carbocycles. The van der Waals surface area contributed by atoms with Crippen molar-refractivity contribution in [1.82, 2.24) is 5.32 Å². The van der Waals surface area contributed by atoms with Gasteiger partial charge in [0.25, 0.3) is 5.91 Å². The highest BCUT2D eigenvalue weighted by atomic mass is 19.1. The molecule has 2 N–H and O–H groups in total. The summed E-state index contributed by atoms with van der Waals surface area (Å²) in [7, 11) is 0. The molecule has 2 rings (SSSR count). The fourth-order valence-corrected chi connectivity index (χ4v) is 2.34. The standard InChI is InChI=1S/C19H21FN2O2/c1-19(2,3)14-9-5-7-11-16(14)22-17(23)12-21-18(24)13-8-4-6-10-15(13)20/h4-11H,12H2,1-3H3,(H,21,24)(H,22,23). The summed E-state index contributed by atoms with van der Waals surface area (Å²) < 4.78 is 13.5. The first kappa shape index (κ1) is 17.7. The fourth-order valence-electron chi connectivity index (χ4n) is 2.34. The van der Waals surface area contributed by atoms with E-state index in [0.29, 0.717) is 5.69 Å². The molecular formula is C19H21FN2O2. The molecule has 0 bridgehead atoms. The van der Waals surface area contributed by atoms with Gasteiger partial charge in [0.1, 0.15) is 5.82 Å². The van der Waals surface area contributed by atoms with E-state index in [1.807, 2.05) is 24.3 Å². The Kier molecular flexibility index (Phi) is 5.34. The van der Waals surface area contributed by atoms with Crippen molar-refractivity contribution in [3.63, 3.8) is 0 Å². The summed E-state index contributed by atoms with van der Waals surface area (Å²) in [6, 6.07) is 13.2. The molecule has 0 unspecified atom stereocenters. The Labute approximate surface area is 141 Å². The maximum Gasteiger partial charge on any atom is 0.254 e. The lowest BCUT2D eigenvalue weighted by molar-refractivity contribution is -0.115. The molecule has 24 heavy (non-hydrogen) atoms.